The minimum atomic E-state index is 0.118. The normalized spacial score (nSPS) is 17.2. The van der Waals surface area contributed by atoms with Crippen molar-refractivity contribution in [2.75, 3.05) is 6.61 Å². The van der Waals surface area contributed by atoms with Gasteiger partial charge in [0.2, 0.25) is 0 Å². The lowest BCUT2D eigenvalue weighted by Gasteiger charge is -2.26. The van der Waals surface area contributed by atoms with Gasteiger partial charge in [-0.1, -0.05) is 24.3 Å². The summed E-state index contributed by atoms with van der Waals surface area (Å²) in [5.41, 5.74) is 10.4. The molecule has 6 nitrogen and oxygen atoms in total. The number of aromatic amines is 1. The van der Waals surface area contributed by atoms with Crippen LogP contribution in [0.1, 0.15) is 29.4 Å². The number of imidazole rings is 1. The number of hydrogen-bond acceptors (Lipinski definition) is 3. The zero-order valence-corrected chi connectivity index (χ0v) is 14.1. The fraction of sp³-hybridized carbons (Fsp3) is 0.263. The second-order valence-electron chi connectivity index (χ2n) is 6.28. The molecule has 1 aliphatic rings. The van der Waals surface area contributed by atoms with E-state index < -0.39 is 0 Å². The Hall–Kier alpha value is -3.02. The van der Waals surface area contributed by atoms with Crippen LogP contribution in [-0.2, 0) is 6.54 Å². The van der Waals surface area contributed by atoms with Gasteiger partial charge in [0.25, 0.3) is 0 Å². The predicted molar refractivity (Wildman–Crippen MR) is 98.6 cm³/mol. The first kappa shape index (κ1) is 15.5. The molecule has 25 heavy (non-hydrogen) atoms. The highest BCUT2D eigenvalue weighted by Crippen LogP contribution is 2.31. The number of para-hydroxylation sites is 1. The van der Waals surface area contributed by atoms with Crippen molar-refractivity contribution >= 4 is 17.0 Å². The molecule has 1 atom stereocenters. The molecule has 0 bridgehead atoms. The van der Waals surface area contributed by atoms with Crippen LogP contribution in [0, 0.1) is 6.92 Å². The van der Waals surface area contributed by atoms with Crippen LogP contribution < -0.4 is 15.8 Å². The van der Waals surface area contributed by atoms with Crippen molar-refractivity contribution < 1.29 is 4.74 Å². The van der Waals surface area contributed by atoms with Crippen LogP contribution in [0.25, 0.3) is 11.0 Å². The molecule has 6 heteroatoms. The summed E-state index contributed by atoms with van der Waals surface area (Å²) in [6.07, 6.45) is 0.858. The summed E-state index contributed by atoms with van der Waals surface area (Å²) in [4.78, 5) is 12.3. The van der Waals surface area contributed by atoms with E-state index in [1.54, 1.807) is 0 Å². The number of nitrogens with zero attached hydrogens (tertiary/aromatic N) is 2. The zero-order valence-electron chi connectivity index (χ0n) is 14.1. The third kappa shape index (κ3) is 3.28. The molecule has 128 valence electrons. The smallest absolute Gasteiger partial charge is 0.189 e. The molecule has 0 fully saturated rings. The van der Waals surface area contributed by atoms with E-state index in [1.807, 2.05) is 24.3 Å². The highest BCUT2D eigenvalue weighted by molar-refractivity contribution is 5.79. The van der Waals surface area contributed by atoms with Crippen molar-refractivity contribution in [3.8, 4) is 5.75 Å². The SMILES string of the molecule is Cc1ccc2nc(CN=C(N)NC3CCOc4ccccc43)[nH]c2c1. The number of fused-ring (bicyclic) bond motifs is 2. The standard InChI is InChI=1S/C19H21N5O/c1-12-6-7-15-16(10-12)23-18(22-15)11-21-19(20)24-14-8-9-25-17-5-3-2-4-13(14)17/h2-7,10,14H,8-9,11H2,1H3,(H,22,23)(H3,20,21,24). The van der Waals surface area contributed by atoms with E-state index in [-0.39, 0.29) is 6.04 Å². The van der Waals surface area contributed by atoms with Gasteiger partial charge in [-0.15, -0.1) is 0 Å². The second-order valence-corrected chi connectivity index (χ2v) is 6.28. The predicted octanol–water partition coefficient (Wildman–Crippen LogP) is 2.80. The summed E-state index contributed by atoms with van der Waals surface area (Å²) < 4.78 is 5.67. The highest BCUT2D eigenvalue weighted by atomic mass is 16.5. The molecule has 0 radical (unpaired) electrons. The van der Waals surface area contributed by atoms with Crippen LogP contribution in [0.3, 0.4) is 0 Å². The summed E-state index contributed by atoms with van der Waals surface area (Å²) in [6, 6.07) is 14.3. The van der Waals surface area contributed by atoms with Crippen LogP contribution in [-0.4, -0.2) is 22.5 Å². The third-order valence-corrected chi connectivity index (χ3v) is 4.37. The summed E-state index contributed by atoms with van der Waals surface area (Å²) in [5.74, 6) is 2.13. The zero-order chi connectivity index (χ0) is 17.2. The number of aromatic nitrogens is 2. The Bertz CT molecular complexity index is 930. The van der Waals surface area contributed by atoms with E-state index in [1.165, 1.54) is 5.56 Å². The summed E-state index contributed by atoms with van der Waals surface area (Å²) >= 11 is 0. The number of benzene rings is 2. The molecule has 4 N–H and O–H groups in total. The van der Waals surface area contributed by atoms with Crippen molar-refractivity contribution in [2.45, 2.75) is 25.9 Å². The largest absolute Gasteiger partial charge is 0.493 e. The minimum Gasteiger partial charge on any atom is -0.493 e. The van der Waals surface area contributed by atoms with Gasteiger partial charge < -0.3 is 20.8 Å². The van der Waals surface area contributed by atoms with Crippen molar-refractivity contribution in [1.82, 2.24) is 15.3 Å². The number of hydrogen-bond donors (Lipinski definition) is 3. The lowest BCUT2D eigenvalue weighted by atomic mass is 10.0. The number of aliphatic imine (C=N–C) groups is 1. The molecule has 0 spiro atoms. The summed E-state index contributed by atoms with van der Waals surface area (Å²) in [5, 5.41) is 3.29. The van der Waals surface area contributed by atoms with Gasteiger partial charge in [0, 0.05) is 12.0 Å². The highest BCUT2D eigenvalue weighted by Gasteiger charge is 2.21. The molecule has 1 aliphatic heterocycles. The molecule has 1 aromatic heterocycles. The van der Waals surface area contributed by atoms with E-state index in [4.69, 9.17) is 10.5 Å². The number of guanidine groups is 1. The van der Waals surface area contributed by atoms with Gasteiger partial charge in [-0.3, -0.25) is 0 Å². The lowest BCUT2D eigenvalue weighted by molar-refractivity contribution is 0.262. The molecular formula is C19H21N5O. The van der Waals surface area contributed by atoms with E-state index in [9.17, 15) is 0 Å². The Balaban J connectivity index is 1.46. The maximum Gasteiger partial charge on any atom is 0.189 e. The van der Waals surface area contributed by atoms with E-state index in [0.29, 0.717) is 19.1 Å². The number of rotatable bonds is 3. The molecule has 2 aromatic carbocycles. The Kier molecular flexibility index (Phi) is 4.01. The maximum atomic E-state index is 6.08. The molecule has 2 heterocycles. The monoisotopic (exact) mass is 335 g/mol. The first-order chi connectivity index (χ1) is 12.2. The van der Waals surface area contributed by atoms with Crippen LogP contribution >= 0.6 is 0 Å². The average Bonchev–Trinajstić information content (AvgIpc) is 3.02. The van der Waals surface area contributed by atoms with Crippen LogP contribution in [0.15, 0.2) is 47.5 Å². The third-order valence-electron chi connectivity index (χ3n) is 4.37. The van der Waals surface area contributed by atoms with Crippen molar-refractivity contribution in [2.24, 2.45) is 10.7 Å². The molecular weight excluding hydrogens is 314 g/mol. The summed E-state index contributed by atoms with van der Waals surface area (Å²) in [7, 11) is 0. The fourth-order valence-electron chi connectivity index (χ4n) is 3.13. The van der Waals surface area contributed by atoms with Gasteiger partial charge in [0.15, 0.2) is 5.96 Å². The molecule has 4 rings (SSSR count). The van der Waals surface area contributed by atoms with Gasteiger partial charge in [-0.2, -0.15) is 0 Å². The number of H-pyrrole nitrogens is 1. The van der Waals surface area contributed by atoms with Crippen molar-refractivity contribution in [3.63, 3.8) is 0 Å². The first-order valence-electron chi connectivity index (χ1n) is 8.42. The average molecular weight is 335 g/mol. The van der Waals surface area contributed by atoms with Crippen molar-refractivity contribution in [1.29, 1.82) is 0 Å². The van der Waals surface area contributed by atoms with E-state index >= 15 is 0 Å². The Morgan fingerprint density at radius 2 is 2.24 bits per heavy atom. The van der Waals surface area contributed by atoms with Crippen LogP contribution in [0.5, 0.6) is 5.75 Å². The van der Waals surface area contributed by atoms with Gasteiger partial charge in [-0.05, 0) is 30.7 Å². The first-order valence-corrected chi connectivity index (χ1v) is 8.42. The number of nitrogens with one attached hydrogen (secondary N) is 2. The number of nitrogens with two attached hydrogens (primary N) is 1. The fourth-order valence-corrected chi connectivity index (χ4v) is 3.13. The van der Waals surface area contributed by atoms with Gasteiger partial charge >= 0.3 is 0 Å². The Labute approximate surface area is 146 Å². The quantitative estimate of drug-likeness (QED) is 0.507. The Morgan fingerprint density at radius 3 is 3.16 bits per heavy atom. The van der Waals surface area contributed by atoms with Crippen LogP contribution in [0.2, 0.25) is 0 Å². The van der Waals surface area contributed by atoms with Gasteiger partial charge in [0.05, 0.1) is 23.7 Å². The second kappa shape index (κ2) is 6.47. The number of aryl methyl sites for hydroxylation is 1. The summed E-state index contributed by atoms with van der Waals surface area (Å²) in [6.45, 7) is 3.15. The minimum absolute atomic E-state index is 0.118. The van der Waals surface area contributed by atoms with E-state index in [2.05, 4.69) is 45.4 Å². The lowest BCUT2D eigenvalue weighted by Crippen LogP contribution is -2.37. The number of ether oxygens (including phenoxy) is 1. The maximum absolute atomic E-state index is 6.08. The van der Waals surface area contributed by atoms with Gasteiger partial charge in [0.1, 0.15) is 18.1 Å². The van der Waals surface area contributed by atoms with Crippen molar-refractivity contribution in [3.05, 3.63) is 59.4 Å². The molecule has 0 amide bonds. The topological polar surface area (TPSA) is 88.3 Å². The molecule has 0 saturated heterocycles. The van der Waals surface area contributed by atoms with E-state index in [0.717, 1.165) is 34.6 Å². The molecule has 3 aromatic rings. The molecule has 0 aliphatic carbocycles. The molecule has 0 saturated carbocycles. The van der Waals surface area contributed by atoms with Gasteiger partial charge in [-0.25, -0.2) is 9.98 Å². The Morgan fingerprint density at radius 1 is 1.36 bits per heavy atom. The van der Waals surface area contributed by atoms with Crippen LogP contribution in [0.4, 0.5) is 0 Å². The molecule has 1 unspecified atom stereocenters.